The molecule has 3 aromatic heterocycles. The number of aromatic nitrogens is 6. The van der Waals surface area contributed by atoms with Crippen LogP contribution in [0.3, 0.4) is 0 Å². The van der Waals surface area contributed by atoms with Gasteiger partial charge in [0, 0.05) is 51.3 Å². The Morgan fingerprint density at radius 2 is 1.61 bits per heavy atom. The molecular weight excluding hydrogens is 1030 g/mol. The van der Waals surface area contributed by atoms with Crippen LogP contribution in [0.4, 0.5) is 0 Å². The third-order valence-electron chi connectivity index (χ3n) is 19.0. The number of benzene rings is 3. The van der Waals surface area contributed by atoms with Crippen molar-refractivity contribution in [3.05, 3.63) is 122 Å². The van der Waals surface area contributed by atoms with Crippen molar-refractivity contribution in [2.24, 2.45) is 11.3 Å². The predicted octanol–water partition coefficient (Wildman–Crippen LogP) is 9.64. The number of carbonyl (C=O) groups is 2. The van der Waals surface area contributed by atoms with E-state index in [4.69, 9.17) is 21.7 Å². The number of hydrogen-bond acceptors (Lipinski definition) is 12. The minimum atomic E-state index is -0.860. The Balaban J connectivity index is 0.677. The number of piperidine rings is 2. The Morgan fingerprint density at radius 3 is 2.32 bits per heavy atom. The van der Waals surface area contributed by atoms with E-state index in [0.717, 1.165) is 136 Å². The van der Waals surface area contributed by atoms with Gasteiger partial charge in [-0.15, -0.1) is 16.4 Å². The number of aliphatic hydroxyl groups is 2. The van der Waals surface area contributed by atoms with Crippen LogP contribution in [-0.4, -0.2) is 130 Å². The Morgan fingerprint density at radius 1 is 0.873 bits per heavy atom. The average molecular weight is 1110 g/mol. The molecule has 0 radical (unpaired) electrons. The molecule has 17 heteroatoms. The SMILES string of the molecule is Cc1ncsc1-c1ccc([C@H](CN2CCC(O)CC2)NC(=O)[C@@H]2C[C@@H](O)CN2C(=O)[C@@H](n2cc(C3CCC(CN4CCC(c5ccc6c(c5)-n5c(nc(=O)c7c(Cl)cccc75)C65CCCCC5)CC4)CC3)nn2)C(C)(C)C)cc1. The van der Waals surface area contributed by atoms with Crippen LogP contribution in [0.15, 0.2) is 77.2 Å². The molecule has 2 aliphatic carbocycles. The molecule has 7 heterocycles. The van der Waals surface area contributed by atoms with Gasteiger partial charge in [0.05, 0.1) is 67.1 Å². The monoisotopic (exact) mass is 1110 g/mol. The highest BCUT2D eigenvalue weighted by Crippen LogP contribution is 2.52. The topological polar surface area (TPSA) is 175 Å². The quantitative estimate of drug-likeness (QED) is 0.106. The van der Waals surface area contributed by atoms with Gasteiger partial charge < -0.3 is 30.2 Å². The summed E-state index contributed by atoms with van der Waals surface area (Å²) in [6.07, 6.45) is 14.3. The summed E-state index contributed by atoms with van der Waals surface area (Å²) in [4.78, 5) is 59.9. The molecule has 6 aromatic rings. The number of fused-ring (bicyclic) bond motifs is 7. The van der Waals surface area contributed by atoms with E-state index in [-0.39, 0.29) is 53.8 Å². The molecule has 79 heavy (non-hydrogen) atoms. The maximum Gasteiger partial charge on any atom is 0.282 e. The van der Waals surface area contributed by atoms with Crippen LogP contribution < -0.4 is 10.9 Å². The maximum atomic E-state index is 15.0. The Kier molecular flexibility index (Phi) is 15.2. The molecule has 0 bridgehead atoms. The molecule has 6 aliphatic rings. The lowest BCUT2D eigenvalue weighted by Crippen LogP contribution is -2.52. The van der Waals surface area contributed by atoms with Crippen LogP contribution in [0, 0.1) is 18.3 Å². The lowest BCUT2D eigenvalue weighted by molar-refractivity contribution is -0.144. The fourth-order valence-electron chi connectivity index (χ4n) is 14.7. The van der Waals surface area contributed by atoms with E-state index in [1.165, 1.54) is 23.2 Å². The summed E-state index contributed by atoms with van der Waals surface area (Å²) >= 11 is 8.27. The Labute approximate surface area is 472 Å². The molecular formula is C62H77ClN10O5S. The van der Waals surface area contributed by atoms with E-state index in [1.807, 2.05) is 51.5 Å². The summed E-state index contributed by atoms with van der Waals surface area (Å²) in [7, 11) is 0. The van der Waals surface area contributed by atoms with Crippen LogP contribution in [0.25, 0.3) is 27.0 Å². The molecule has 4 atom stereocenters. The van der Waals surface area contributed by atoms with Gasteiger partial charge in [-0.25, -0.2) is 9.67 Å². The minimum Gasteiger partial charge on any atom is -0.393 e. The van der Waals surface area contributed by atoms with Crippen LogP contribution in [0.5, 0.6) is 0 Å². The van der Waals surface area contributed by atoms with Crippen molar-refractivity contribution in [1.82, 2.24) is 49.5 Å². The minimum absolute atomic E-state index is 0.0593. The highest BCUT2D eigenvalue weighted by Gasteiger charge is 2.48. The van der Waals surface area contributed by atoms with Crippen molar-refractivity contribution in [2.75, 3.05) is 45.8 Å². The summed E-state index contributed by atoms with van der Waals surface area (Å²) in [6.45, 7) is 13.4. The smallest absolute Gasteiger partial charge is 0.282 e. The normalized spacial score (nSPS) is 24.0. The van der Waals surface area contributed by atoms with Gasteiger partial charge in [0.1, 0.15) is 17.9 Å². The van der Waals surface area contributed by atoms with Crippen molar-refractivity contribution in [3.63, 3.8) is 0 Å². The van der Waals surface area contributed by atoms with Crippen molar-refractivity contribution < 1.29 is 19.8 Å². The van der Waals surface area contributed by atoms with Crippen LogP contribution in [0.2, 0.25) is 5.02 Å². The average Bonchev–Trinajstić information content (AvgIpc) is 3.41. The highest BCUT2D eigenvalue weighted by atomic mass is 35.5. The van der Waals surface area contributed by atoms with Gasteiger partial charge in [-0.2, -0.15) is 4.98 Å². The summed E-state index contributed by atoms with van der Waals surface area (Å²) in [5.41, 5.74) is 9.43. The first kappa shape index (κ1) is 54.2. The van der Waals surface area contributed by atoms with Gasteiger partial charge in [-0.1, -0.05) is 99.3 Å². The number of aryl methyl sites for hydroxylation is 1. The van der Waals surface area contributed by atoms with Gasteiger partial charge >= 0.3 is 0 Å². The van der Waals surface area contributed by atoms with Gasteiger partial charge in [0.15, 0.2) is 0 Å². The second-order valence-corrected chi connectivity index (χ2v) is 26.5. The molecule has 2 saturated carbocycles. The van der Waals surface area contributed by atoms with Crippen LogP contribution in [-0.2, 0) is 15.0 Å². The fourth-order valence-corrected chi connectivity index (χ4v) is 15.7. The van der Waals surface area contributed by atoms with Crippen molar-refractivity contribution >= 4 is 45.7 Å². The number of thiazole rings is 1. The number of halogens is 1. The second kappa shape index (κ2) is 22.2. The molecule has 5 fully saturated rings. The summed E-state index contributed by atoms with van der Waals surface area (Å²) < 4.78 is 3.99. The van der Waals surface area contributed by atoms with E-state index in [2.05, 4.69) is 72.3 Å². The molecule has 0 unspecified atom stereocenters. The molecule has 1 spiro atoms. The third-order valence-corrected chi connectivity index (χ3v) is 20.3. The van der Waals surface area contributed by atoms with E-state index in [9.17, 15) is 24.6 Å². The van der Waals surface area contributed by atoms with Gasteiger partial charge in [-0.05, 0) is 142 Å². The van der Waals surface area contributed by atoms with E-state index < -0.39 is 23.6 Å². The zero-order chi connectivity index (χ0) is 54.7. The number of nitrogens with zero attached hydrogens (tertiary/aromatic N) is 9. The maximum absolute atomic E-state index is 15.0. The van der Waals surface area contributed by atoms with Gasteiger partial charge in [0.25, 0.3) is 5.56 Å². The number of carbonyl (C=O) groups excluding carboxylic acids is 2. The van der Waals surface area contributed by atoms with Crippen molar-refractivity contribution in [2.45, 2.75) is 165 Å². The van der Waals surface area contributed by atoms with E-state index in [1.54, 1.807) is 27.0 Å². The third kappa shape index (κ3) is 10.6. The summed E-state index contributed by atoms with van der Waals surface area (Å²) in [5, 5.41) is 35.0. The van der Waals surface area contributed by atoms with Gasteiger partial charge in [0.2, 0.25) is 11.8 Å². The summed E-state index contributed by atoms with van der Waals surface area (Å²) in [5.74, 6) is 1.67. The van der Waals surface area contributed by atoms with Crippen molar-refractivity contribution in [1.29, 1.82) is 0 Å². The predicted molar refractivity (Wildman–Crippen MR) is 309 cm³/mol. The van der Waals surface area contributed by atoms with E-state index >= 15 is 0 Å². The highest BCUT2D eigenvalue weighted by molar-refractivity contribution is 7.13. The molecule has 3 N–H and O–H groups in total. The number of amides is 2. The molecule has 3 aromatic carbocycles. The zero-order valence-electron chi connectivity index (χ0n) is 46.3. The number of β-amino-alcohol motifs (C(OH)–C–C–N with tert-alkyl or cyclic N) is 1. The first-order valence-corrected chi connectivity index (χ1v) is 30.6. The molecule has 418 valence electrons. The second-order valence-electron chi connectivity index (χ2n) is 25.2. The molecule has 15 nitrogen and oxygen atoms in total. The summed E-state index contributed by atoms with van der Waals surface area (Å²) in [6, 6.07) is 19.2. The van der Waals surface area contributed by atoms with Crippen molar-refractivity contribution in [3.8, 4) is 16.1 Å². The Bertz CT molecular complexity index is 3250. The Hall–Kier alpha value is -5.36. The standard InChI is InChI=1S/C62H77ClN10O5S/c1-38-55(79-37-64-38)43-17-15-41(16-18-43)49(35-70-29-23-45(74)24-30-70)65-57(76)53-32-46(75)34-71(53)59(78)56(61(2,3)4)72-36-50(67-68-72)42-13-11-39(12-14-42)33-69-27-21-40(22-28-69)44-19-20-47-52(31-44)73-51-10-8-9-48(63)54(51)58(77)66-60(73)62(47)25-6-5-7-26-62/h8-10,15-20,31,36-37,39-40,42,45-46,49,53,56,74-75H,5-7,11-14,21-30,32-35H2,1-4H3,(H,65,76)/t39?,42?,46-,49+,53+,56-/m1/s1. The number of rotatable bonds is 12. The van der Waals surface area contributed by atoms with Gasteiger partial charge in [-0.3, -0.25) is 19.0 Å². The number of aliphatic hydroxyl groups excluding tert-OH is 2. The number of likely N-dealkylation sites (tertiary alicyclic amines) is 3. The number of hydrogen-bond donors (Lipinski definition) is 3. The lowest BCUT2D eigenvalue weighted by Gasteiger charge is -2.37. The largest absolute Gasteiger partial charge is 0.393 e. The lowest BCUT2D eigenvalue weighted by atomic mass is 9.69. The molecule has 12 rings (SSSR count). The first-order valence-electron chi connectivity index (χ1n) is 29.3. The first-order chi connectivity index (χ1) is 38.1. The fraction of sp³-hybridized carbons (Fsp3) is 0.565. The zero-order valence-corrected chi connectivity index (χ0v) is 47.9. The van der Waals surface area contributed by atoms with Crippen LogP contribution >= 0.6 is 22.9 Å². The molecule has 3 saturated heterocycles. The van der Waals surface area contributed by atoms with Crippen LogP contribution in [0.1, 0.15) is 168 Å². The molecule has 2 amide bonds. The number of nitrogens with one attached hydrogen (secondary N) is 1. The molecule has 4 aliphatic heterocycles. The van der Waals surface area contributed by atoms with E-state index in [0.29, 0.717) is 41.6 Å².